The van der Waals surface area contributed by atoms with Crippen LogP contribution in [0.4, 0.5) is 0 Å². The van der Waals surface area contributed by atoms with E-state index in [-0.39, 0.29) is 11.9 Å². The van der Waals surface area contributed by atoms with Gasteiger partial charge in [0.05, 0.1) is 13.2 Å². The lowest BCUT2D eigenvalue weighted by atomic mass is 10.0. The molecule has 1 aromatic carbocycles. The number of rotatable bonds is 4. The van der Waals surface area contributed by atoms with E-state index >= 15 is 0 Å². The summed E-state index contributed by atoms with van der Waals surface area (Å²) < 4.78 is 5.33. The van der Waals surface area contributed by atoms with Gasteiger partial charge in [-0.2, -0.15) is 0 Å². The van der Waals surface area contributed by atoms with Crippen LogP contribution in [0.1, 0.15) is 18.0 Å². The number of primary amides is 1. The largest absolute Gasteiger partial charge is 0.379 e. The standard InChI is InChI=1S/C13H18N2O2/c14-13(16)10-12(11-4-2-1-3-5-11)15-6-8-17-9-7-15/h1-5,12H,6-10H2,(H2,14,16). The van der Waals surface area contributed by atoms with Crippen molar-refractivity contribution in [3.8, 4) is 0 Å². The van der Waals surface area contributed by atoms with Crippen LogP contribution in [0.5, 0.6) is 0 Å². The Bertz CT molecular complexity index is 361. The first-order chi connectivity index (χ1) is 8.27. The molecule has 0 aliphatic carbocycles. The molecule has 0 radical (unpaired) electrons. The Labute approximate surface area is 101 Å². The topological polar surface area (TPSA) is 55.6 Å². The van der Waals surface area contributed by atoms with Crippen LogP contribution >= 0.6 is 0 Å². The molecule has 0 aromatic heterocycles. The van der Waals surface area contributed by atoms with E-state index in [0.717, 1.165) is 31.9 Å². The van der Waals surface area contributed by atoms with E-state index in [4.69, 9.17) is 10.5 Å². The van der Waals surface area contributed by atoms with Crippen LogP contribution in [-0.4, -0.2) is 37.1 Å². The molecule has 1 heterocycles. The molecule has 2 N–H and O–H groups in total. The summed E-state index contributed by atoms with van der Waals surface area (Å²) in [5.74, 6) is -0.259. The quantitative estimate of drug-likeness (QED) is 0.843. The fourth-order valence-corrected chi connectivity index (χ4v) is 2.21. The van der Waals surface area contributed by atoms with E-state index in [1.165, 1.54) is 0 Å². The Morgan fingerprint density at radius 2 is 1.94 bits per heavy atom. The molecule has 1 atom stereocenters. The number of amides is 1. The number of carbonyl (C=O) groups is 1. The van der Waals surface area contributed by atoms with Crippen LogP contribution in [0, 0.1) is 0 Å². The molecule has 4 heteroatoms. The van der Waals surface area contributed by atoms with Gasteiger partial charge in [0, 0.05) is 25.6 Å². The second kappa shape index (κ2) is 5.80. The molecule has 0 bridgehead atoms. The van der Waals surface area contributed by atoms with Gasteiger partial charge in [-0.15, -0.1) is 0 Å². The highest BCUT2D eigenvalue weighted by molar-refractivity contribution is 5.74. The van der Waals surface area contributed by atoms with Gasteiger partial charge in [-0.25, -0.2) is 0 Å². The maximum Gasteiger partial charge on any atom is 0.219 e. The van der Waals surface area contributed by atoms with E-state index in [9.17, 15) is 4.79 Å². The van der Waals surface area contributed by atoms with Crippen molar-refractivity contribution < 1.29 is 9.53 Å². The lowest BCUT2D eigenvalue weighted by Gasteiger charge is -2.34. The minimum atomic E-state index is -0.259. The normalized spacial score (nSPS) is 18.8. The maximum atomic E-state index is 11.2. The summed E-state index contributed by atoms with van der Waals surface area (Å²) in [6.07, 6.45) is 0.365. The predicted octanol–water partition coefficient (Wildman–Crippen LogP) is 0.935. The zero-order chi connectivity index (χ0) is 12.1. The SMILES string of the molecule is NC(=O)CC(c1ccccc1)N1CCOCC1. The average molecular weight is 234 g/mol. The predicted molar refractivity (Wildman–Crippen MR) is 65.4 cm³/mol. The number of morpholine rings is 1. The van der Waals surface area contributed by atoms with Crippen molar-refractivity contribution >= 4 is 5.91 Å². The van der Waals surface area contributed by atoms with E-state index in [0.29, 0.717) is 6.42 Å². The molecule has 17 heavy (non-hydrogen) atoms. The minimum absolute atomic E-state index is 0.0811. The van der Waals surface area contributed by atoms with Gasteiger partial charge < -0.3 is 10.5 Å². The van der Waals surface area contributed by atoms with Crippen LogP contribution in [0.2, 0.25) is 0 Å². The molecule has 4 nitrogen and oxygen atoms in total. The van der Waals surface area contributed by atoms with Crippen molar-refractivity contribution in [3.05, 3.63) is 35.9 Å². The second-order valence-corrected chi connectivity index (χ2v) is 4.25. The van der Waals surface area contributed by atoms with Crippen LogP contribution < -0.4 is 5.73 Å². The highest BCUT2D eigenvalue weighted by Crippen LogP contribution is 2.24. The lowest BCUT2D eigenvalue weighted by molar-refractivity contribution is -0.119. The number of hydrogen-bond acceptors (Lipinski definition) is 3. The third-order valence-electron chi connectivity index (χ3n) is 3.07. The summed E-state index contributed by atoms with van der Waals surface area (Å²) in [7, 11) is 0. The fourth-order valence-electron chi connectivity index (χ4n) is 2.21. The molecule has 1 aliphatic heterocycles. The number of carbonyl (C=O) groups excluding carboxylic acids is 1. The van der Waals surface area contributed by atoms with Gasteiger partial charge in [0.15, 0.2) is 0 Å². The monoisotopic (exact) mass is 234 g/mol. The molecule has 1 unspecified atom stereocenters. The molecule has 1 fully saturated rings. The number of nitrogens with two attached hydrogens (primary N) is 1. The molecular formula is C13H18N2O2. The number of nitrogens with zero attached hydrogens (tertiary/aromatic N) is 1. The minimum Gasteiger partial charge on any atom is -0.379 e. The van der Waals surface area contributed by atoms with Gasteiger partial charge in [0.25, 0.3) is 0 Å². The highest BCUT2D eigenvalue weighted by Gasteiger charge is 2.23. The molecule has 1 amide bonds. The summed E-state index contributed by atoms with van der Waals surface area (Å²) >= 11 is 0. The smallest absolute Gasteiger partial charge is 0.219 e. The first-order valence-electron chi connectivity index (χ1n) is 5.92. The second-order valence-electron chi connectivity index (χ2n) is 4.25. The van der Waals surface area contributed by atoms with Gasteiger partial charge in [-0.05, 0) is 5.56 Å². The van der Waals surface area contributed by atoms with Crippen molar-refractivity contribution in [1.29, 1.82) is 0 Å². The summed E-state index contributed by atoms with van der Waals surface area (Å²) in [6.45, 7) is 3.16. The van der Waals surface area contributed by atoms with Gasteiger partial charge in [-0.1, -0.05) is 30.3 Å². The number of benzene rings is 1. The summed E-state index contributed by atoms with van der Waals surface area (Å²) in [5, 5.41) is 0. The van der Waals surface area contributed by atoms with Crippen molar-refractivity contribution in [2.24, 2.45) is 5.73 Å². The maximum absolute atomic E-state index is 11.2. The Morgan fingerprint density at radius 3 is 2.53 bits per heavy atom. The van der Waals surface area contributed by atoms with Crippen molar-refractivity contribution in [1.82, 2.24) is 4.90 Å². The van der Waals surface area contributed by atoms with Crippen LogP contribution in [-0.2, 0) is 9.53 Å². The Balaban J connectivity index is 2.15. The van der Waals surface area contributed by atoms with E-state index in [1.54, 1.807) is 0 Å². The molecule has 1 aliphatic rings. The molecule has 92 valence electrons. The zero-order valence-electron chi connectivity index (χ0n) is 9.84. The van der Waals surface area contributed by atoms with Gasteiger partial charge >= 0.3 is 0 Å². The van der Waals surface area contributed by atoms with Crippen molar-refractivity contribution in [2.45, 2.75) is 12.5 Å². The average Bonchev–Trinajstić information content (AvgIpc) is 2.38. The lowest BCUT2D eigenvalue weighted by Crippen LogP contribution is -2.40. The van der Waals surface area contributed by atoms with Crippen molar-refractivity contribution in [3.63, 3.8) is 0 Å². The number of hydrogen-bond donors (Lipinski definition) is 1. The van der Waals surface area contributed by atoms with E-state index < -0.39 is 0 Å². The molecular weight excluding hydrogens is 216 g/mol. The first-order valence-corrected chi connectivity index (χ1v) is 5.92. The van der Waals surface area contributed by atoms with Gasteiger partial charge in [-0.3, -0.25) is 9.69 Å². The van der Waals surface area contributed by atoms with E-state index in [1.807, 2.05) is 30.3 Å². The third kappa shape index (κ3) is 3.28. The first kappa shape index (κ1) is 12.1. The molecule has 0 saturated carbocycles. The molecule has 1 aromatic rings. The van der Waals surface area contributed by atoms with E-state index in [2.05, 4.69) is 4.90 Å². The summed E-state index contributed by atoms with van der Waals surface area (Å²) in [5.41, 5.74) is 6.49. The third-order valence-corrected chi connectivity index (χ3v) is 3.07. The zero-order valence-corrected chi connectivity index (χ0v) is 9.84. The van der Waals surface area contributed by atoms with Gasteiger partial charge in [0.1, 0.15) is 0 Å². The van der Waals surface area contributed by atoms with Crippen LogP contribution in [0.3, 0.4) is 0 Å². The fraction of sp³-hybridized carbons (Fsp3) is 0.462. The summed E-state index contributed by atoms with van der Waals surface area (Å²) in [6, 6.07) is 10.1. The highest BCUT2D eigenvalue weighted by atomic mass is 16.5. The van der Waals surface area contributed by atoms with Crippen LogP contribution in [0.15, 0.2) is 30.3 Å². The van der Waals surface area contributed by atoms with Gasteiger partial charge in [0.2, 0.25) is 5.91 Å². The molecule has 1 saturated heterocycles. The van der Waals surface area contributed by atoms with Crippen molar-refractivity contribution in [2.75, 3.05) is 26.3 Å². The Morgan fingerprint density at radius 1 is 1.29 bits per heavy atom. The summed E-state index contributed by atoms with van der Waals surface area (Å²) in [4.78, 5) is 13.5. The molecule has 2 rings (SSSR count). The number of ether oxygens (including phenoxy) is 1. The van der Waals surface area contributed by atoms with Crippen LogP contribution in [0.25, 0.3) is 0 Å². The Hall–Kier alpha value is -1.39. The Kier molecular flexibility index (Phi) is 4.12. The molecule has 0 spiro atoms.